The molecule has 9 rings (SSSR count). The molecule has 9 N–H and O–H groups in total. The van der Waals surface area contributed by atoms with Crippen LogP contribution in [0.15, 0.2) is 85.2 Å². The Kier molecular flexibility index (Phi) is 19.3. The third-order valence-electron chi connectivity index (χ3n) is 15.1. The molecule has 3 saturated heterocycles. The second-order valence-corrected chi connectivity index (χ2v) is 20.7. The summed E-state index contributed by atoms with van der Waals surface area (Å²) in [6.07, 6.45) is -24.1. The minimum atomic E-state index is -1.85. The average Bonchev–Trinajstić information content (AvgIpc) is 4.39. The van der Waals surface area contributed by atoms with Gasteiger partial charge in [0, 0.05) is 11.1 Å². The second-order valence-electron chi connectivity index (χ2n) is 20.7. The van der Waals surface area contributed by atoms with Crippen LogP contribution in [0.4, 0.5) is 8.78 Å². The van der Waals surface area contributed by atoms with Gasteiger partial charge in [0.1, 0.15) is 78.5 Å². The minimum Gasteiger partial charge on any atom is -0.479 e. The summed E-state index contributed by atoms with van der Waals surface area (Å²) in [5.41, 5.74) is 1.31. The normalized spacial score (nSPS) is 33.9. The molecule has 0 amide bonds. The Morgan fingerprint density at radius 2 is 1.36 bits per heavy atom. The number of rotatable bonds is 20. The first-order valence-electron chi connectivity index (χ1n) is 26.6. The van der Waals surface area contributed by atoms with Gasteiger partial charge in [0.25, 0.3) is 0 Å². The van der Waals surface area contributed by atoms with Crippen LogP contribution in [0.5, 0.6) is 0 Å². The summed E-state index contributed by atoms with van der Waals surface area (Å²) in [5, 5.41) is 117. The number of ether oxygens (including phenoxy) is 8. The molecular weight excluding hydrogens is 1070 g/mol. The van der Waals surface area contributed by atoms with E-state index in [-0.39, 0.29) is 48.3 Å². The van der Waals surface area contributed by atoms with E-state index in [0.29, 0.717) is 17.7 Å². The van der Waals surface area contributed by atoms with Crippen molar-refractivity contribution in [1.29, 1.82) is 0 Å². The first-order chi connectivity index (χ1) is 38.9. The number of benzene rings is 3. The third kappa shape index (κ3) is 13.0. The molecule has 4 fully saturated rings. The van der Waals surface area contributed by atoms with E-state index in [0.717, 1.165) is 10.7 Å². The first-order valence-corrected chi connectivity index (χ1v) is 26.6. The van der Waals surface area contributed by atoms with Gasteiger partial charge in [-0.3, -0.25) is 0 Å². The quantitative estimate of drug-likeness (QED) is 0.0491. The van der Waals surface area contributed by atoms with E-state index in [1.807, 2.05) is 6.07 Å². The fourth-order valence-electron chi connectivity index (χ4n) is 10.7. The fourth-order valence-corrected chi connectivity index (χ4v) is 10.7. The van der Waals surface area contributed by atoms with Gasteiger partial charge in [0.15, 0.2) is 42.7 Å². The zero-order valence-electron chi connectivity index (χ0n) is 44.1. The molecule has 2 aromatic heterocycles. The van der Waals surface area contributed by atoms with Crippen molar-refractivity contribution in [2.45, 2.75) is 163 Å². The van der Waals surface area contributed by atoms with Gasteiger partial charge >= 0.3 is 11.9 Å². The molecule has 5 aromatic rings. The predicted octanol–water partition coefficient (Wildman–Crippen LogP) is 0.978. The topological polar surface area (TPSA) is 351 Å². The molecule has 4 aliphatic rings. The van der Waals surface area contributed by atoms with Gasteiger partial charge in [-0.25, -0.2) is 27.7 Å². The van der Waals surface area contributed by atoms with E-state index in [1.165, 1.54) is 42.9 Å². The lowest BCUT2D eigenvalue weighted by atomic mass is 9.81. The van der Waals surface area contributed by atoms with E-state index in [1.54, 1.807) is 55.6 Å². The van der Waals surface area contributed by atoms with Gasteiger partial charge in [0.2, 0.25) is 0 Å². The van der Waals surface area contributed by atoms with Crippen molar-refractivity contribution < 1.29 is 102 Å². The van der Waals surface area contributed by atoms with Crippen LogP contribution in [-0.2, 0) is 42.7 Å². The highest BCUT2D eigenvalue weighted by Crippen LogP contribution is 2.42. The molecule has 20 atom stereocenters. The van der Waals surface area contributed by atoms with Gasteiger partial charge in [-0.1, -0.05) is 72.3 Å². The van der Waals surface area contributed by atoms with Crippen LogP contribution in [0.2, 0.25) is 0 Å². The van der Waals surface area contributed by atoms with Crippen molar-refractivity contribution in [2.24, 2.45) is 5.92 Å². The van der Waals surface area contributed by atoms with E-state index in [9.17, 15) is 64.3 Å². The van der Waals surface area contributed by atoms with Crippen LogP contribution in [0.3, 0.4) is 0 Å². The number of carbonyl (C=O) groups excluding carboxylic acids is 1. The second kappa shape index (κ2) is 26.2. The Balaban J connectivity index is 1.09. The summed E-state index contributed by atoms with van der Waals surface area (Å²) in [6, 6.07) is 16.5. The summed E-state index contributed by atoms with van der Waals surface area (Å²) in [5.74, 6) is -5.27. The molecule has 27 heteroatoms. The number of hydrogen-bond donors (Lipinski definition) is 9. The Morgan fingerprint density at radius 3 is 2.02 bits per heavy atom. The van der Waals surface area contributed by atoms with E-state index in [4.69, 9.17) is 37.9 Å². The number of halogens is 2. The van der Waals surface area contributed by atoms with Crippen LogP contribution in [0.1, 0.15) is 67.5 Å². The minimum absolute atomic E-state index is 0.0104. The number of carbonyl (C=O) groups is 2. The van der Waals surface area contributed by atoms with E-state index in [2.05, 4.69) is 20.6 Å². The van der Waals surface area contributed by atoms with Crippen molar-refractivity contribution in [3.05, 3.63) is 108 Å². The number of carboxylic acids is 1. The molecule has 0 radical (unpaired) electrons. The van der Waals surface area contributed by atoms with E-state index < -0.39 is 159 Å². The van der Waals surface area contributed by atoms with Crippen LogP contribution in [0.25, 0.3) is 22.5 Å². The molecule has 0 bridgehead atoms. The molecule has 3 aliphatic heterocycles. The summed E-state index contributed by atoms with van der Waals surface area (Å²) in [6.45, 7) is 2.58. The van der Waals surface area contributed by atoms with Crippen molar-refractivity contribution in [3.8, 4) is 22.5 Å². The largest absolute Gasteiger partial charge is 0.479 e. The van der Waals surface area contributed by atoms with Crippen LogP contribution < -0.4 is 0 Å². The monoisotopic (exact) mass is 1140 g/mol. The zero-order valence-corrected chi connectivity index (χ0v) is 44.1. The molecule has 5 heterocycles. The number of nitrogens with zero attached hydrogens (tertiary/aromatic N) is 6. The SMILES string of the molecule is CCC[C@H](OC1C(OC(=O)c2ccccc2)[C@H](O[C@@H]2CC(CO[C@H]3OC(CO)[C@@H](O)C(n4cc(-c5cc(C)c(F)c(F)c5)nn4)C3O)CC(n3cc(-c4ccccc4)nn3)[C@H]2O[C@@H]2OC(C)[C@@H](O)[C@H](O)C2O)O[C@@H](CO)[C@@H]1O)C(=O)O. The number of carboxylic acid groups (broad SMARTS) is 1. The van der Waals surface area contributed by atoms with Crippen molar-refractivity contribution in [2.75, 3.05) is 19.8 Å². The van der Waals surface area contributed by atoms with Crippen molar-refractivity contribution >= 4 is 11.9 Å². The fraction of sp³-hybridized carbons (Fsp3) is 0.556. The summed E-state index contributed by atoms with van der Waals surface area (Å²) >= 11 is 0. The molecule has 1 saturated carbocycles. The summed E-state index contributed by atoms with van der Waals surface area (Å²) in [7, 11) is 0. The lowest BCUT2D eigenvalue weighted by Crippen LogP contribution is -2.64. The van der Waals surface area contributed by atoms with Gasteiger partial charge in [-0.05, 0) is 68.9 Å². The molecule has 1 aliphatic carbocycles. The summed E-state index contributed by atoms with van der Waals surface area (Å²) < 4.78 is 81.5. The highest BCUT2D eigenvalue weighted by molar-refractivity contribution is 5.89. The summed E-state index contributed by atoms with van der Waals surface area (Å²) in [4.78, 5) is 26.6. The number of aryl methyl sites for hydroxylation is 1. The maximum atomic E-state index is 14.5. The molecule has 0 spiro atoms. The Morgan fingerprint density at radius 1 is 0.716 bits per heavy atom. The molecule has 440 valence electrons. The van der Waals surface area contributed by atoms with Crippen LogP contribution in [-0.4, -0.2) is 212 Å². The Hall–Kier alpha value is -5.86. The molecule has 3 aromatic carbocycles. The number of aliphatic hydroxyl groups excluding tert-OH is 8. The zero-order chi connectivity index (χ0) is 57.8. The lowest BCUT2D eigenvalue weighted by Gasteiger charge is -2.49. The number of aliphatic hydroxyl groups is 8. The highest BCUT2D eigenvalue weighted by atomic mass is 19.2. The number of hydrogen-bond acceptors (Lipinski definition) is 22. The third-order valence-corrected chi connectivity index (χ3v) is 15.1. The van der Waals surface area contributed by atoms with Gasteiger partial charge in [-0.15, -0.1) is 10.2 Å². The maximum absolute atomic E-state index is 14.5. The van der Waals surface area contributed by atoms with Crippen molar-refractivity contribution in [1.82, 2.24) is 30.0 Å². The van der Waals surface area contributed by atoms with E-state index >= 15 is 0 Å². The predicted molar refractivity (Wildman–Crippen MR) is 271 cm³/mol. The standard InChI is InChI=1S/C54H66F2N6O19/c1-4-11-35(50(71)72)76-48-43(67)38(23-64)79-54(49(48)80-51(73)29-14-9-6-10-15-29)77-36-18-27(17-34(61-20-32(57-59-61)28-12-7-5-8-13-28)47(36)81-53-46(70)45(69)41(65)26(3)75-53)24-74-52-44(68)40(42(66)37(22-63)78-52)62-21-33(58-60-62)30-16-25(2)39(56)31(55)19-30/h5-10,12-16,19-21,26-27,34-38,40-49,52-54,63-70H,4,11,17-18,22-24H2,1-3H3,(H,71,72)/t26?,27?,34?,35-,36+,37?,38-,40?,41+,42+,43-,44?,45-,46?,47+,48?,49?,52-,53-,54+/m0/s1. The average molecular weight is 1140 g/mol. The number of esters is 1. The first kappa shape index (κ1) is 59.8. The smallest absolute Gasteiger partial charge is 0.338 e. The van der Waals surface area contributed by atoms with Gasteiger partial charge < -0.3 is 83.9 Å². The maximum Gasteiger partial charge on any atom is 0.338 e. The lowest BCUT2D eigenvalue weighted by molar-refractivity contribution is -0.350. The van der Waals surface area contributed by atoms with Crippen LogP contribution in [0, 0.1) is 24.5 Å². The number of aromatic nitrogens is 6. The highest BCUT2D eigenvalue weighted by Gasteiger charge is 2.55. The Bertz CT molecular complexity index is 2850. The van der Waals surface area contributed by atoms with Gasteiger partial charge in [-0.2, -0.15) is 0 Å². The molecular formula is C54H66F2N6O19. The molecule has 9 unspecified atom stereocenters. The molecule has 25 nitrogen and oxygen atoms in total. The molecule has 81 heavy (non-hydrogen) atoms. The Labute approximate surface area is 462 Å². The van der Waals surface area contributed by atoms with Crippen LogP contribution >= 0.6 is 0 Å². The van der Waals surface area contributed by atoms with Gasteiger partial charge in [0.05, 0.1) is 56.0 Å². The van der Waals surface area contributed by atoms with Crippen molar-refractivity contribution in [3.63, 3.8) is 0 Å². The number of aliphatic carboxylic acids is 1.